The van der Waals surface area contributed by atoms with E-state index in [-0.39, 0.29) is 11.7 Å². The molecule has 0 aliphatic carbocycles. The van der Waals surface area contributed by atoms with Crippen LogP contribution in [0.15, 0.2) is 79.1 Å². The lowest BCUT2D eigenvalue weighted by Crippen LogP contribution is -2.11. The number of carbonyl (C=O) groups excluding carboxylic acids is 1. The first-order valence-electron chi connectivity index (χ1n) is 12.6. The van der Waals surface area contributed by atoms with Gasteiger partial charge in [-0.3, -0.25) is 14.9 Å². The van der Waals surface area contributed by atoms with Gasteiger partial charge in [-0.15, -0.1) is 0 Å². The first-order valence-corrected chi connectivity index (χ1v) is 12.6. The van der Waals surface area contributed by atoms with Crippen molar-refractivity contribution in [1.82, 2.24) is 25.1 Å². The van der Waals surface area contributed by atoms with Crippen LogP contribution in [0.3, 0.4) is 0 Å². The number of benzene rings is 2. The number of hydrogen-bond donors (Lipinski definition) is 3. The van der Waals surface area contributed by atoms with Gasteiger partial charge in [-0.2, -0.15) is 5.10 Å². The van der Waals surface area contributed by atoms with E-state index in [0.717, 1.165) is 46.1 Å². The highest BCUT2D eigenvalue weighted by atomic mass is 19.1. The van der Waals surface area contributed by atoms with E-state index in [1.54, 1.807) is 24.5 Å². The number of nitrogens with one attached hydrogen (secondary N) is 3. The van der Waals surface area contributed by atoms with Crippen LogP contribution in [0.25, 0.3) is 55.7 Å². The third kappa shape index (κ3) is 4.41. The minimum atomic E-state index is -0.267. The summed E-state index contributed by atoms with van der Waals surface area (Å²) in [6, 6.07) is 20.2. The SMILES string of the molecule is CCCCC(=O)Nc1cncc(-c2ccc3[nH]nc(-c4cc5c(-c6ccccc6F)cccc5[nH]4)c3n2)c1. The molecule has 4 heterocycles. The lowest BCUT2D eigenvalue weighted by molar-refractivity contribution is -0.116. The molecule has 2 aromatic carbocycles. The van der Waals surface area contributed by atoms with E-state index < -0.39 is 0 Å². The van der Waals surface area contributed by atoms with Crippen LogP contribution >= 0.6 is 0 Å². The van der Waals surface area contributed by atoms with E-state index in [9.17, 15) is 9.18 Å². The number of halogens is 1. The second kappa shape index (κ2) is 9.89. The van der Waals surface area contributed by atoms with Crippen LogP contribution < -0.4 is 5.32 Å². The molecule has 188 valence electrons. The van der Waals surface area contributed by atoms with Gasteiger partial charge in [-0.05, 0) is 48.4 Å². The van der Waals surface area contributed by atoms with E-state index in [2.05, 4.69) is 32.4 Å². The third-order valence-electron chi connectivity index (χ3n) is 6.57. The molecule has 0 radical (unpaired) electrons. The topological polar surface area (TPSA) is 99.4 Å². The fourth-order valence-electron chi connectivity index (χ4n) is 4.65. The fourth-order valence-corrected chi connectivity index (χ4v) is 4.65. The molecule has 4 aromatic heterocycles. The zero-order chi connectivity index (χ0) is 26.1. The first-order chi connectivity index (χ1) is 18.6. The van der Waals surface area contributed by atoms with Crippen LogP contribution in [-0.2, 0) is 4.79 Å². The number of anilines is 1. The van der Waals surface area contributed by atoms with Crippen LogP contribution in [0.5, 0.6) is 0 Å². The van der Waals surface area contributed by atoms with Crippen LogP contribution in [0, 0.1) is 5.82 Å². The average Bonchev–Trinajstić information content (AvgIpc) is 3.56. The molecule has 0 bridgehead atoms. The van der Waals surface area contributed by atoms with Gasteiger partial charge in [0.2, 0.25) is 5.91 Å². The van der Waals surface area contributed by atoms with E-state index in [0.29, 0.717) is 34.6 Å². The Balaban J connectivity index is 1.38. The van der Waals surface area contributed by atoms with E-state index in [1.807, 2.05) is 48.5 Å². The van der Waals surface area contributed by atoms with E-state index >= 15 is 0 Å². The van der Waals surface area contributed by atoms with Crippen molar-refractivity contribution >= 4 is 33.5 Å². The van der Waals surface area contributed by atoms with Crippen molar-refractivity contribution in [2.75, 3.05) is 5.32 Å². The Morgan fingerprint density at radius 2 is 1.84 bits per heavy atom. The summed E-state index contributed by atoms with van der Waals surface area (Å²) < 4.78 is 14.6. The molecule has 8 heteroatoms. The van der Waals surface area contributed by atoms with Gasteiger partial charge in [0.25, 0.3) is 0 Å². The summed E-state index contributed by atoms with van der Waals surface area (Å²) in [6.45, 7) is 2.05. The number of aromatic amines is 2. The third-order valence-corrected chi connectivity index (χ3v) is 6.57. The molecule has 7 nitrogen and oxygen atoms in total. The molecule has 1 amide bonds. The van der Waals surface area contributed by atoms with E-state index in [4.69, 9.17) is 4.98 Å². The van der Waals surface area contributed by atoms with E-state index in [1.165, 1.54) is 6.07 Å². The highest BCUT2D eigenvalue weighted by molar-refractivity contribution is 6.00. The number of hydrogen-bond acceptors (Lipinski definition) is 4. The molecule has 0 saturated carbocycles. The van der Waals surface area contributed by atoms with Crippen molar-refractivity contribution in [2.45, 2.75) is 26.2 Å². The van der Waals surface area contributed by atoms with Crippen molar-refractivity contribution in [2.24, 2.45) is 0 Å². The second-order valence-corrected chi connectivity index (χ2v) is 9.21. The fraction of sp³-hybridized carbons (Fsp3) is 0.133. The van der Waals surface area contributed by atoms with Gasteiger partial charge in [0.05, 0.1) is 28.8 Å². The number of fused-ring (bicyclic) bond motifs is 2. The summed E-state index contributed by atoms with van der Waals surface area (Å²) in [4.78, 5) is 24.8. The number of pyridine rings is 2. The zero-order valence-electron chi connectivity index (χ0n) is 20.8. The quantitative estimate of drug-likeness (QED) is 0.216. The largest absolute Gasteiger partial charge is 0.353 e. The van der Waals surface area contributed by atoms with Crippen molar-refractivity contribution < 1.29 is 9.18 Å². The lowest BCUT2D eigenvalue weighted by Gasteiger charge is -2.07. The molecule has 0 unspecified atom stereocenters. The summed E-state index contributed by atoms with van der Waals surface area (Å²) >= 11 is 0. The second-order valence-electron chi connectivity index (χ2n) is 9.21. The monoisotopic (exact) mass is 504 g/mol. The van der Waals surface area contributed by atoms with Crippen LogP contribution in [0.2, 0.25) is 0 Å². The Hall–Kier alpha value is -4.85. The minimum Gasteiger partial charge on any atom is -0.353 e. The number of aromatic nitrogens is 5. The molecule has 0 saturated heterocycles. The molecule has 38 heavy (non-hydrogen) atoms. The van der Waals surface area contributed by atoms with Gasteiger partial charge >= 0.3 is 0 Å². The van der Waals surface area contributed by atoms with Gasteiger partial charge < -0.3 is 10.3 Å². The standard InChI is InChI=1S/C30H25FN6O/c1-2-3-11-28(38)33-19-14-18(16-32-17-19)24-12-13-26-29(35-24)30(37-36-26)27-15-22-20(8-6-10-25(22)34-27)21-7-4-5-9-23(21)31/h4-10,12-17,34H,2-3,11H2,1H3,(H,33,38)(H,36,37). The number of nitrogens with zero attached hydrogens (tertiary/aromatic N) is 3. The molecule has 6 aromatic rings. The summed E-state index contributed by atoms with van der Waals surface area (Å²) in [7, 11) is 0. The molecule has 3 N–H and O–H groups in total. The van der Waals surface area contributed by atoms with Crippen molar-refractivity contribution in [3.05, 3.63) is 84.9 Å². The van der Waals surface area contributed by atoms with Gasteiger partial charge in [0.15, 0.2) is 0 Å². The van der Waals surface area contributed by atoms with Gasteiger partial charge in [-0.1, -0.05) is 43.7 Å². The summed E-state index contributed by atoms with van der Waals surface area (Å²) in [5, 5.41) is 11.4. The number of amides is 1. The molecule has 0 atom stereocenters. The lowest BCUT2D eigenvalue weighted by atomic mass is 10.0. The number of H-pyrrole nitrogens is 2. The first kappa shape index (κ1) is 23.5. The number of unbranched alkanes of at least 4 members (excludes halogenated alkanes) is 1. The number of rotatable bonds is 7. The van der Waals surface area contributed by atoms with Gasteiger partial charge in [0.1, 0.15) is 17.0 Å². The molecule has 6 rings (SSSR count). The Morgan fingerprint density at radius 3 is 2.71 bits per heavy atom. The highest BCUT2D eigenvalue weighted by Crippen LogP contribution is 2.35. The predicted octanol–water partition coefficient (Wildman–Crippen LogP) is 7.10. The maximum atomic E-state index is 14.6. The Bertz CT molecular complexity index is 1790. The van der Waals surface area contributed by atoms with Crippen molar-refractivity contribution in [3.63, 3.8) is 0 Å². The molecular formula is C30H25FN6O. The van der Waals surface area contributed by atoms with Gasteiger partial charge in [-0.25, -0.2) is 9.37 Å². The average molecular weight is 505 g/mol. The maximum Gasteiger partial charge on any atom is 0.224 e. The Labute approximate surface area is 218 Å². The van der Waals surface area contributed by atoms with Crippen molar-refractivity contribution in [1.29, 1.82) is 0 Å². The number of carbonyl (C=O) groups is 1. The van der Waals surface area contributed by atoms with Crippen LogP contribution in [0.4, 0.5) is 10.1 Å². The molecular weight excluding hydrogens is 479 g/mol. The molecule has 0 aliphatic heterocycles. The maximum absolute atomic E-state index is 14.6. The van der Waals surface area contributed by atoms with Crippen LogP contribution in [-0.4, -0.2) is 31.1 Å². The van der Waals surface area contributed by atoms with Crippen LogP contribution in [0.1, 0.15) is 26.2 Å². The predicted molar refractivity (Wildman–Crippen MR) is 148 cm³/mol. The Morgan fingerprint density at radius 1 is 0.974 bits per heavy atom. The molecule has 0 fully saturated rings. The Kier molecular flexibility index (Phi) is 6.13. The normalized spacial score (nSPS) is 11.3. The zero-order valence-corrected chi connectivity index (χ0v) is 20.8. The molecule has 0 aliphatic rings. The summed E-state index contributed by atoms with van der Waals surface area (Å²) in [6.07, 6.45) is 5.64. The summed E-state index contributed by atoms with van der Waals surface area (Å²) in [5.74, 6) is -0.295. The summed E-state index contributed by atoms with van der Waals surface area (Å²) in [5.41, 5.74) is 7.27. The molecule has 0 spiro atoms. The van der Waals surface area contributed by atoms with Crippen molar-refractivity contribution in [3.8, 4) is 33.8 Å². The highest BCUT2D eigenvalue weighted by Gasteiger charge is 2.16. The smallest absolute Gasteiger partial charge is 0.224 e. The van der Waals surface area contributed by atoms with Gasteiger partial charge in [0, 0.05) is 34.6 Å². The minimum absolute atomic E-state index is 0.0279.